The van der Waals surface area contributed by atoms with E-state index in [-0.39, 0.29) is 36.6 Å². The van der Waals surface area contributed by atoms with Crippen LogP contribution in [0.5, 0.6) is 0 Å². The third-order valence-electron chi connectivity index (χ3n) is 3.55. The van der Waals surface area contributed by atoms with Crippen molar-refractivity contribution in [3.63, 3.8) is 0 Å². The number of halogens is 2. The lowest BCUT2D eigenvalue weighted by atomic mass is 10.1. The van der Waals surface area contributed by atoms with Crippen molar-refractivity contribution in [2.24, 2.45) is 5.92 Å². The average Bonchev–Trinajstić information content (AvgIpc) is 3.20. The topological polar surface area (TPSA) is 66.9 Å². The van der Waals surface area contributed by atoms with E-state index < -0.39 is 0 Å². The van der Waals surface area contributed by atoms with Gasteiger partial charge in [0.25, 0.3) is 0 Å². The molecule has 8 heteroatoms. The summed E-state index contributed by atoms with van der Waals surface area (Å²) in [7, 11) is 0. The Morgan fingerprint density at radius 3 is 2.91 bits per heavy atom. The van der Waals surface area contributed by atoms with Crippen molar-refractivity contribution < 1.29 is 4.79 Å². The van der Waals surface area contributed by atoms with Gasteiger partial charge in [-0.1, -0.05) is 6.07 Å². The van der Waals surface area contributed by atoms with Gasteiger partial charge in [-0.3, -0.25) is 9.78 Å². The van der Waals surface area contributed by atoms with E-state index in [1.165, 1.54) is 0 Å². The number of aromatic nitrogens is 2. The van der Waals surface area contributed by atoms with Crippen LogP contribution in [0.15, 0.2) is 29.8 Å². The van der Waals surface area contributed by atoms with Gasteiger partial charge >= 0.3 is 0 Å². The number of nitrogens with zero attached hydrogens (tertiary/aromatic N) is 2. The van der Waals surface area contributed by atoms with Crippen LogP contribution < -0.4 is 10.6 Å². The van der Waals surface area contributed by atoms with Gasteiger partial charge in [0.1, 0.15) is 0 Å². The largest absolute Gasteiger partial charge is 0.355 e. The molecule has 3 rings (SSSR count). The van der Waals surface area contributed by atoms with Crippen molar-refractivity contribution in [3.05, 3.63) is 34.8 Å². The predicted octanol–water partition coefficient (Wildman–Crippen LogP) is 2.32. The number of pyridine rings is 1. The highest BCUT2D eigenvalue weighted by Gasteiger charge is 2.21. The molecular formula is C15H20Cl2N4OS. The summed E-state index contributed by atoms with van der Waals surface area (Å²) in [4.78, 5) is 20.7. The molecule has 1 amide bonds. The zero-order valence-electron chi connectivity index (χ0n) is 12.5. The summed E-state index contributed by atoms with van der Waals surface area (Å²) in [6, 6.07) is 5.80. The molecule has 1 fully saturated rings. The Kier molecular flexibility index (Phi) is 8.47. The van der Waals surface area contributed by atoms with Crippen LogP contribution in [0.1, 0.15) is 11.4 Å². The van der Waals surface area contributed by atoms with Crippen molar-refractivity contribution in [1.82, 2.24) is 20.6 Å². The molecular weight excluding hydrogens is 355 g/mol. The van der Waals surface area contributed by atoms with E-state index in [9.17, 15) is 4.79 Å². The Hall–Kier alpha value is -1.21. The van der Waals surface area contributed by atoms with Crippen molar-refractivity contribution in [2.45, 2.75) is 12.8 Å². The highest BCUT2D eigenvalue weighted by molar-refractivity contribution is 7.09. The fourth-order valence-electron chi connectivity index (χ4n) is 2.37. The van der Waals surface area contributed by atoms with Gasteiger partial charge in [0.05, 0.1) is 22.3 Å². The predicted molar refractivity (Wildman–Crippen MR) is 97.5 cm³/mol. The molecule has 0 aromatic carbocycles. The zero-order valence-corrected chi connectivity index (χ0v) is 15.0. The average molecular weight is 375 g/mol. The maximum atomic E-state index is 11.9. The van der Waals surface area contributed by atoms with Gasteiger partial charge in [-0.05, 0) is 25.1 Å². The molecule has 2 N–H and O–H groups in total. The molecule has 1 saturated heterocycles. The molecule has 1 atom stereocenters. The molecule has 0 spiro atoms. The fraction of sp³-hybridized carbons (Fsp3) is 0.400. The van der Waals surface area contributed by atoms with Crippen LogP contribution in [0.3, 0.4) is 0 Å². The van der Waals surface area contributed by atoms with Crippen LogP contribution in [-0.4, -0.2) is 35.5 Å². The number of thiazole rings is 1. The Bertz CT molecular complexity index is 603. The molecule has 1 aliphatic rings. The van der Waals surface area contributed by atoms with Crippen molar-refractivity contribution in [2.75, 3.05) is 19.6 Å². The molecule has 2 aromatic heterocycles. The van der Waals surface area contributed by atoms with Gasteiger partial charge in [-0.15, -0.1) is 36.2 Å². The molecule has 1 unspecified atom stereocenters. The first kappa shape index (κ1) is 19.8. The summed E-state index contributed by atoms with van der Waals surface area (Å²) in [5.41, 5.74) is 1.79. The van der Waals surface area contributed by atoms with Gasteiger partial charge in [0.2, 0.25) is 5.91 Å². The van der Waals surface area contributed by atoms with Crippen LogP contribution in [0, 0.1) is 5.92 Å². The van der Waals surface area contributed by atoms with Crippen molar-refractivity contribution in [1.29, 1.82) is 0 Å². The summed E-state index contributed by atoms with van der Waals surface area (Å²) in [5.74, 6) is 0.284. The Balaban J connectivity index is 0.00000132. The van der Waals surface area contributed by atoms with E-state index in [1.807, 2.05) is 23.6 Å². The van der Waals surface area contributed by atoms with E-state index in [1.54, 1.807) is 17.5 Å². The smallest absolute Gasteiger partial charge is 0.224 e. The minimum absolute atomic E-state index is 0. The molecule has 0 bridgehead atoms. The molecule has 1 aliphatic heterocycles. The minimum Gasteiger partial charge on any atom is -0.355 e. The summed E-state index contributed by atoms with van der Waals surface area (Å²) in [6.45, 7) is 2.38. The zero-order chi connectivity index (χ0) is 14.5. The van der Waals surface area contributed by atoms with Crippen LogP contribution in [-0.2, 0) is 11.2 Å². The minimum atomic E-state index is 0. The SMILES string of the molecule is Cl.Cl.O=C(NCCc1nc(-c2ccccn2)cs1)C1CCNC1. The second-order valence-corrected chi connectivity index (χ2v) is 6.01. The molecule has 3 heterocycles. The second-order valence-electron chi connectivity index (χ2n) is 5.07. The quantitative estimate of drug-likeness (QED) is 0.842. The number of amides is 1. The van der Waals surface area contributed by atoms with Gasteiger partial charge in [0.15, 0.2) is 0 Å². The van der Waals surface area contributed by atoms with E-state index in [2.05, 4.69) is 20.6 Å². The second kappa shape index (κ2) is 9.82. The fourth-order valence-corrected chi connectivity index (χ4v) is 3.17. The van der Waals surface area contributed by atoms with Gasteiger partial charge in [-0.25, -0.2) is 4.98 Å². The monoisotopic (exact) mass is 374 g/mol. The summed E-state index contributed by atoms with van der Waals surface area (Å²) in [6.07, 6.45) is 3.47. The lowest BCUT2D eigenvalue weighted by Crippen LogP contribution is -2.33. The first-order chi connectivity index (χ1) is 10.3. The van der Waals surface area contributed by atoms with E-state index in [0.717, 1.165) is 42.3 Å². The number of rotatable bonds is 5. The van der Waals surface area contributed by atoms with Crippen molar-refractivity contribution >= 4 is 42.1 Å². The van der Waals surface area contributed by atoms with Gasteiger partial charge in [-0.2, -0.15) is 0 Å². The maximum Gasteiger partial charge on any atom is 0.224 e. The summed E-state index contributed by atoms with van der Waals surface area (Å²) < 4.78 is 0. The maximum absolute atomic E-state index is 11.9. The first-order valence-electron chi connectivity index (χ1n) is 7.17. The third kappa shape index (κ3) is 5.42. The van der Waals surface area contributed by atoms with Gasteiger partial charge < -0.3 is 10.6 Å². The standard InChI is InChI=1S/C15H18N4OS.2ClH/c20-15(11-4-7-16-9-11)18-8-5-14-19-13(10-21-14)12-3-1-2-6-17-12;;/h1-3,6,10-11,16H,4-5,7-9H2,(H,18,20);2*1H. The molecule has 0 saturated carbocycles. The number of carbonyl (C=O) groups excluding carboxylic acids is 1. The molecule has 0 radical (unpaired) electrons. The number of carbonyl (C=O) groups is 1. The Labute approximate surface area is 152 Å². The lowest BCUT2D eigenvalue weighted by Gasteiger charge is -2.08. The van der Waals surface area contributed by atoms with Gasteiger partial charge in [0, 0.05) is 31.1 Å². The Morgan fingerprint density at radius 2 is 2.22 bits per heavy atom. The molecule has 0 aliphatic carbocycles. The number of nitrogens with one attached hydrogen (secondary N) is 2. The molecule has 126 valence electrons. The van der Waals surface area contributed by atoms with E-state index >= 15 is 0 Å². The number of hydrogen-bond acceptors (Lipinski definition) is 5. The van der Waals surface area contributed by atoms with E-state index in [0.29, 0.717) is 6.54 Å². The van der Waals surface area contributed by atoms with Crippen LogP contribution >= 0.6 is 36.2 Å². The molecule has 2 aromatic rings. The molecule has 23 heavy (non-hydrogen) atoms. The lowest BCUT2D eigenvalue weighted by molar-refractivity contribution is -0.124. The molecule has 5 nitrogen and oxygen atoms in total. The van der Waals surface area contributed by atoms with Crippen LogP contribution in [0.4, 0.5) is 0 Å². The Morgan fingerprint density at radius 1 is 1.35 bits per heavy atom. The van der Waals surface area contributed by atoms with E-state index in [4.69, 9.17) is 0 Å². The first-order valence-corrected chi connectivity index (χ1v) is 8.05. The van der Waals surface area contributed by atoms with Crippen molar-refractivity contribution in [3.8, 4) is 11.4 Å². The number of hydrogen-bond donors (Lipinski definition) is 2. The highest BCUT2D eigenvalue weighted by atomic mass is 35.5. The van der Waals surface area contributed by atoms with Crippen LogP contribution in [0.25, 0.3) is 11.4 Å². The normalized spacial score (nSPS) is 16.3. The highest BCUT2D eigenvalue weighted by Crippen LogP contribution is 2.19. The summed E-state index contributed by atoms with van der Waals surface area (Å²) in [5, 5.41) is 9.24. The third-order valence-corrected chi connectivity index (χ3v) is 4.46. The summed E-state index contributed by atoms with van der Waals surface area (Å²) >= 11 is 1.61. The van der Waals surface area contributed by atoms with Crippen LogP contribution in [0.2, 0.25) is 0 Å².